The number of rotatable bonds is 5. The topological polar surface area (TPSA) is 108 Å². The average Bonchev–Trinajstić information content (AvgIpc) is 3.11. The second-order valence-electron chi connectivity index (χ2n) is 10.0. The van der Waals surface area contributed by atoms with Crippen LogP contribution in [-0.2, 0) is 4.79 Å². The number of hydrogen-bond donors (Lipinski definition) is 3. The van der Waals surface area contributed by atoms with Gasteiger partial charge in [-0.25, -0.2) is 0 Å². The maximum absolute atomic E-state index is 13.1. The minimum absolute atomic E-state index is 0.0401. The molecule has 1 aliphatic carbocycles. The predicted molar refractivity (Wildman–Crippen MR) is 142 cm³/mol. The minimum atomic E-state index is -0.193. The summed E-state index contributed by atoms with van der Waals surface area (Å²) in [4.78, 5) is 42.0. The summed E-state index contributed by atoms with van der Waals surface area (Å²) >= 11 is 0. The van der Waals surface area contributed by atoms with E-state index in [-0.39, 0.29) is 29.8 Å². The molecule has 1 saturated heterocycles. The van der Waals surface area contributed by atoms with Gasteiger partial charge in [-0.05, 0) is 69.4 Å². The molecule has 0 aromatic heterocycles. The van der Waals surface area contributed by atoms with Crippen molar-refractivity contribution in [1.29, 1.82) is 0 Å². The first-order valence-electron chi connectivity index (χ1n) is 12.9. The fourth-order valence-corrected chi connectivity index (χ4v) is 5.10. The zero-order chi connectivity index (χ0) is 25.7. The van der Waals surface area contributed by atoms with Crippen molar-refractivity contribution in [1.82, 2.24) is 10.2 Å². The van der Waals surface area contributed by atoms with E-state index in [0.29, 0.717) is 36.4 Å². The number of nitrogens with zero attached hydrogens (tertiary/aromatic N) is 2. The lowest BCUT2D eigenvalue weighted by Crippen LogP contribution is -2.40. The Morgan fingerprint density at radius 1 is 0.917 bits per heavy atom. The van der Waals surface area contributed by atoms with Gasteiger partial charge in [-0.2, -0.15) is 0 Å². The Kier molecular flexibility index (Phi) is 8.25. The largest absolute Gasteiger partial charge is 0.368 e. The second-order valence-corrected chi connectivity index (χ2v) is 10.0. The molecular weight excluding hydrogens is 454 g/mol. The molecule has 36 heavy (non-hydrogen) atoms. The lowest BCUT2D eigenvalue weighted by Gasteiger charge is -2.28. The van der Waals surface area contributed by atoms with Crippen LogP contribution >= 0.6 is 0 Å². The van der Waals surface area contributed by atoms with Gasteiger partial charge in [0, 0.05) is 56.3 Å². The number of carbonyl (C=O) groups is 3. The molecule has 2 aliphatic rings. The van der Waals surface area contributed by atoms with Crippen LogP contribution in [0.5, 0.6) is 0 Å². The Hall–Kier alpha value is -3.39. The molecule has 0 radical (unpaired) electrons. The van der Waals surface area contributed by atoms with Gasteiger partial charge in [-0.3, -0.25) is 14.4 Å². The number of carbonyl (C=O) groups excluding carboxylic acids is 3. The van der Waals surface area contributed by atoms with Crippen molar-refractivity contribution in [3.63, 3.8) is 0 Å². The highest BCUT2D eigenvalue weighted by Gasteiger charge is 2.24. The number of hydrogen-bond acceptors (Lipinski definition) is 5. The van der Waals surface area contributed by atoms with Crippen LogP contribution in [0.25, 0.3) is 0 Å². The van der Waals surface area contributed by atoms with Crippen LogP contribution in [0.4, 0.5) is 11.4 Å². The van der Waals surface area contributed by atoms with Crippen molar-refractivity contribution in [3.8, 4) is 0 Å². The summed E-state index contributed by atoms with van der Waals surface area (Å²) in [5.74, 6) is -0.293. The zero-order valence-electron chi connectivity index (χ0n) is 21.3. The maximum Gasteiger partial charge on any atom is 0.253 e. The van der Waals surface area contributed by atoms with Crippen LogP contribution < -0.4 is 21.3 Å². The molecular formula is C28H37N5O3. The highest BCUT2D eigenvalue weighted by Crippen LogP contribution is 2.29. The van der Waals surface area contributed by atoms with E-state index < -0.39 is 0 Å². The summed E-state index contributed by atoms with van der Waals surface area (Å²) < 4.78 is 0. The fraction of sp³-hybridized carbons (Fsp3) is 0.464. The van der Waals surface area contributed by atoms with Crippen LogP contribution in [0.3, 0.4) is 0 Å². The first kappa shape index (κ1) is 25.7. The van der Waals surface area contributed by atoms with E-state index in [1.165, 1.54) is 6.92 Å². The smallest absolute Gasteiger partial charge is 0.253 e. The number of benzene rings is 2. The van der Waals surface area contributed by atoms with Crippen LogP contribution in [-0.4, -0.2) is 60.9 Å². The average molecular weight is 492 g/mol. The van der Waals surface area contributed by atoms with E-state index in [2.05, 4.69) is 15.5 Å². The molecule has 2 aromatic rings. The second kappa shape index (κ2) is 11.6. The van der Waals surface area contributed by atoms with Gasteiger partial charge >= 0.3 is 0 Å². The van der Waals surface area contributed by atoms with Crippen molar-refractivity contribution < 1.29 is 14.4 Å². The van der Waals surface area contributed by atoms with E-state index in [1.807, 2.05) is 48.2 Å². The van der Waals surface area contributed by atoms with E-state index in [1.54, 1.807) is 6.07 Å². The molecule has 8 nitrogen and oxygen atoms in total. The Labute approximate surface area is 213 Å². The van der Waals surface area contributed by atoms with Gasteiger partial charge in [-0.15, -0.1) is 0 Å². The highest BCUT2D eigenvalue weighted by atomic mass is 16.2. The lowest BCUT2D eigenvalue weighted by molar-refractivity contribution is -0.114. The number of nitrogens with one attached hydrogen (secondary N) is 2. The van der Waals surface area contributed by atoms with Gasteiger partial charge in [0.05, 0.1) is 11.4 Å². The summed E-state index contributed by atoms with van der Waals surface area (Å²) in [5.41, 5.74) is 9.74. The van der Waals surface area contributed by atoms with E-state index in [0.717, 1.165) is 49.9 Å². The van der Waals surface area contributed by atoms with Crippen LogP contribution in [0, 0.1) is 6.92 Å². The molecule has 4 rings (SSSR count). The normalized spacial score (nSPS) is 20.4. The summed E-state index contributed by atoms with van der Waals surface area (Å²) in [7, 11) is 0. The van der Waals surface area contributed by atoms with Gasteiger partial charge in [0.25, 0.3) is 11.8 Å². The first-order valence-corrected chi connectivity index (χ1v) is 12.9. The Balaban J connectivity index is 1.47. The van der Waals surface area contributed by atoms with Crippen LogP contribution in [0.2, 0.25) is 0 Å². The van der Waals surface area contributed by atoms with Gasteiger partial charge < -0.3 is 26.2 Å². The van der Waals surface area contributed by atoms with E-state index in [4.69, 9.17) is 5.73 Å². The molecule has 1 saturated carbocycles. The molecule has 1 heterocycles. The van der Waals surface area contributed by atoms with Crippen molar-refractivity contribution in [2.24, 2.45) is 5.73 Å². The molecule has 8 heteroatoms. The molecule has 2 aromatic carbocycles. The van der Waals surface area contributed by atoms with E-state index >= 15 is 0 Å². The number of amides is 3. The van der Waals surface area contributed by atoms with Crippen molar-refractivity contribution in [2.75, 3.05) is 36.4 Å². The van der Waals surface area contributed by atoms with Gasteiger partial charge in [0.15, 0.2) is 0 Å². The van der Waals surface area contributed by atoms with Crippen LogP contribution in [0.15, 0.2) is 42.5 Å². The van der Waals surface area contributed by atoms with Crippen molar-refractivity contribution >= 4 is 29.1 Å². The Morgan fingerprint density at radius 2 is 1.69 bits per heavy atom. The molecule has 192 valence electrons. The molecule has 0 unspecified atom stereocenters. The van der Waals surface area contributed by atoms with Crippen molar-refractivity contribution in [2.45, 2.75) is 58.0 Å². The standard InChI is InChI=1S/C28H37N5O3/c1-19-5-3-6-22(17-19)28(36)33-14-4-13-32(15-16-33)26-12-7-21(18-25(26)30-20(2)34)27(35)31-24-10-8-23(29)9-11-24/h3,5-7,12,17-18,23-24H,4,8-11,13-16,29H2,1-2H3,(H,30,34)(H,31,35). The summed E-state index contributed by atoms with van der Waals surface area (Å²) in [6.07, 6.45) is 4.41. The fourth-order valence-electron chi connectivity index (χ4n) is 5.10. The number of aryl methyl sites for hydroxylation is 1. The zero-order valence-corrected chi connectivity index (χ0v) is 21.3. The maximum atomic E-state index is 13.1. The monoisotopic (exact) mass is 491 g/mol. The molecule has 3 amide bonds. The summed E-state index contributed by atoms with van der Waals surface area (Å²) in [6.45, 7) is 6.09. The molecule has 2 fully saturated rings. The highest BCUT2D eigenvalue weighted by molar-refractivity contribution is 5.99. The van der Waals surface area contributed by atoms with Gasteiger partial charge in [-0.1, -0.05) is 17.7 Å². The summed E-state index contributed by atoms with van der Waals surface area (Å²) in [6, 6.07) is 13.5. The quantitative estimate of drug-likeness (QED) is 0.595. The molecule has 1 aliphatic heterocycles. The molecule has 0 bridgehead atoms. The molecule has 4 N–H and O–H groups in total. The minimum Gasteiger partial charge on any atom is -0.368 e. The predicted octanol–water partition coefficient (Wildman–Crippen LogP) is 3.31. The molecule has 0 atom stereocenters. The number of anilines is 2. The van der Waals surface area contributed by atoms with Crippen molar-refractivity contribution in [3.05, 3.63) is 59.2 Å². The van der Waals surface area contributed by atoms with Gasteiger partial charge in [0.2, 0.25) is 5.91 Å². The van der Waals surface area contributed by atoms with E-state index in [9.17, 15) is 14.4 Å². The molecule has 0 spiro atoms. The summed E-state index contributed by atoms with van der Waals surface area (Å²) in [5, 5.41) is 6.02. The third-order valence-corrected chi connectivity index (χ3v) is 7.07. The third kappa shape index (κ3) is 6.43. The first-order chi connectivity index (χ1) is 17.3. The third-order valence-electron chi connectivity index (χ3n) is 7.07. The van der Waals surface area contributed by atoms with Gasteiger partial charge in [0.1, 0.15) is 0 Å². The number of nitrogens with two attached hydrogens (primary N) is 1. The van der Waals surface area contributed by atoms with Crippen LogP contribution in [0.1, 0.15) is 65.3 Å². The Bertz CT molecular complexity index is 1110. The lowest BCUT2D eigenvalue weighted by atomic mass is 9.91. The SMILES string of the molecule is CC(=O)Nc1cc(C(=O)NC2CCC(N)CC2)ccc1N1CCCN(C(=O)c2cccc(C)c2)CC1. The Morgan fingerprint density at radius 3 is 2.42 bits per heavy atom.